The molecule has 0 aliphatic rings. The summed E-state index contributed by atoms with van der Waals surface area (Å²) in [5, 5.41) is 11.7. The number of hydrogen-bond donors (Lipinski definition) is 2. The Kier molecular flexibility index (Phi) is 4.57. The van der Waals surface area contributed by atoms with Crippen LogP contribution in [0.4, 0.5) is 24.8 Å². The van der Waals surface area contributed by atoms with Gasteiger partial charge in [-0.1, -0.05) is 24.3 Å². The molecule has 0 saturated carbocycles. The Balaban J connectivity index is 1.85. The van der Waals surface area contributed by atoms with Gasteiger partial charge in [-0.25, -0.2) is 14.8 Å². The van der Waals surface area contributed by atoms with E-state index in [9.17, 15) is 18.0 Å². The first-order valence-corrected chi connectivity index (χ1v) is 7.44. The number of carboxylic acids is 1. The molecule has 0 bridgehead atoms. The van der Waals surface area contributed by atoms with E-state index in [1.165, 1.54) is 12.1 Å². The molecule has 26 heavy (non-hydrogen) atoms. The second-order valence-corrected chi connectivity index (χ2v) is 5.35. The molecule has 0 amide bonds. The summed E-state index contributed by atoms with van der Waals surface area (Å²) in [6.45, 7) is 0. The molecule has 2 aromatic carbocycles. The van der Waals surface area contributed by atoms with Gasteiger partial charge >= 0.3 is 12.1 Å². The maximum atomic E-state index is 12.7. The van der Waals surface area contributed by atoms with Crippen LogP contribution in [0.2, 0.25) is 0 Å². The molecule has 132 valence electrons. The van der Waals surface area contributed by atoms with Crippen LogP contribution >= 0.6 is 0 Å². The minimum Gasteiger partial charge on any atom is -0.478 e. The molecule has 1 aromatic heterocycles. The van der Waals surface area contributed by atoms with Gasteiger partial charge in [-0.05, 0) is 41.5 Å². The summed E-state index contributed by atoms with van der Waals surface area (Å²) in [6.07, 6.45) is -3.51. The number of carbonyl (C=O) groups is 1. The first-order chi connectivity index (χ1) is 12.3. The molecular formula is C18H12F3N3O2. The van der Waals surface area contributed by atoms with Crippen LogP contribution in [0.1, 0.15) is 16.1 Å². The number of aromatic carboxylic acids is 1. The lowest BCUT2D eigenvalue weighted by Gasteiger charge is -2.10. The number of benzene rings is 2. The van der Waals surface area contributed by atoms with Crippen LogP contribution in [0.5, 0.6) is 0 Å². The van der Waals surface area contributed by atoms with Crippen LogP contribution in [0.15, 0.2) is 60.8 Å². The van der Waals surface area contributed by atoms with Gasteiger partial charge in [0.15, 0.2) is 0 Å². The van der Waals surface area contributed by atoms with Crippen LogP contribution in [0, 0.1) is 0 Å². The number of aromatic nitrogens is 2. The zero-order valence-corrected chi connectivity index (χ0v) is 13.2. The fourth-order valence-corrected chi connectivity index (χ4v) is 2.29. The van der Waals surface area contributed by atoms with E-state index in [-0.39, 0.29) is 11.5 Å². The lowest BCUT2D eigenvalue weighted by Crippen LogP contribution is -2.10. The summed E-state index contributed by atoms with van der Waals surface area (Å²) in [4.78, 5) is 18.2. The number of rotatable bonds is 4. The number of hydrogen-bond acceptors (Lipinski definition) is 4. The Hall–Kier alpha value is -3.42. The second kappa shape index (κ2) is 6.83. The summed E-state index contributed by atoms with van der Waals surface area (Å²) in [5.74, 6) is -1.19. The normalized spacial score (nSPS) is 11.2. The van der Waals surface area contributed by atoms with E-state index < -0.39 is 17.8 Å². The summed E-state index contributed by atoms with van der Waals surface area (Å²) in [7, 11) is 0. The van der Waals surface area contributed by atoms with Crippen LogP contribution in [-0.2, 0) is 6.18 Å². The van der Waals surface area contributed by atoms with E-state index in [4.69, 9.17) is 5.11 Å². The first-order valence-electron chi connectivity index (χ1n) is 7.44. The van der Waals surface area contributed by atoms with Gasteiger partial charge in [0.25, 0.3) is 0 Å². The van der Waals surface area contributed by atoms with Gasteiger partial charge in [-0.15, -0.1) is 0 Å². The summed E-state index contributed by atoms with van der Waals surface area (Å²) < 4.78 is 38.2. The van der Waals surface area contributed by atoms with E-state index in [1.807, 2.05) is 0 Å². The zero-order valence-electron chi connectivity index (χ0n) is 13.2. The summed E-state index contributed by atoms with van der Waals surface area (Å²) >= 11 is 0. The monoisotopic (exact) mass is 359 g/mol. The first kappa shape index (κ1) is 17.4. The molecule has 0 saturated heterocycles. The topological polar surface area (TPSA) is 75.1 Å². The van der Waals surface area contributed by atoms with E-state index in [1.54, 1.807) is 36.4 Å². The van der Waals surface area contributed by atoms with Crippen molar-refractivity contribution in [2.75, 3.05) is 5.32 Å². The predicted molar refractivity (Wildman–Crippen MR) is 89.2 cm³/mol. The lowest BCUT2D eigenvalue weighted by atomic mass is 10.0. The number of nitrogens with one attached hydrogen (secondary N) is 1. The standard InChI is InChI=1S/C18H12F3N3O2/c19-18(20,21)15-8-9-22-17(24-15)23-14-3-1-2-13(10-14)11-4-6-12(7-5-11)16(25)26/h1-10H,(H,25,26)(H,22,23,24). The third-order valence-corrected chi connectivity index (χ3v) is 3.53. The number of carboxylic acid groups (broad SMARTS) is 1. The van der Waals surface area contributed by atoms with Gasteiger partial charge in [-0.2, -0.15) is 13.2 Å². The molecule has 2 N–H and O–H groups in total. The zero-order chi connectivity index (χ0) is 18.7. The Bertz CT molecular complexity index is 941. The van der Waals surface area contributed by atoms with Crippen molar-refractivity contribution < 1.29 is 23.1 Å². The van der Waals surface area contributed by atoms with Crippen molar-refractivity contribution in [1.29, 1.82) is 0 Å². The fourth-order valence-electron chi connectivity index (χ4n) is 2.29. The molecule has 1 heterocycles. The largest absolute Gasteiger partial charge is 0.478 e. The molecule has 0 aliphatic carbocycles. The average molecular weight is 359 g/mol. The SMILES string of the molecule is O=C(O)c1ccc(-c2cccc(Nc3nccc(C(F)(F)F)n3)c2)cc1. The number of alkyl halides is 3. The third-order valence-electron chi connectivity index (χ3n) is 3.53. The van der Waals surface area contributed by atoms with Gasteiger partial charge in [0.1, 0.15) is 5.69 Å². The van der Waals surface area contributed by atoms with Gasteiger partial charge in [0, 0.05) is 11.9 Å². The van der Waals surface area contributed by atoms with Crippen molar-refractivity contribution in [1.82, 2.24) is 9.97 Å². The average Bonchev–Trinajstić information content (AvgIpc) is 2.61. The highest BCUT2D eigenvalue weighted by atomic mass is 19.4. The molecule has 0 atom stereocenters. The molecule has 0 spiro atoms. The van der Waals surface area contributed by atoms with E-state index in [0.717, 1.165) is 23.4 Å². The van der Waals surface area contributed by atoms with E-state index in [0.29, 0.717) is 5.69 Å². The van der Waals surface area contributed by atoms with Gasteiger partial charge in [0.05, 0.1) is 5.56 Å². The summed E-state index contributed by atoms with van der Waals surface area (Å²) in [6, 6.07) is 14.0. The van der Waals surface area contributed by atoms with Crippen LogP contribution < -0.4 is 5.32 Å². The van der Waals surface area contributed by atoms with Crippen molar-refractivity contribution in [2.24, 2.45) is 0 Å². The second-order valence-electron chi connectivity index (χ2n) is 5.35. The summed E-state index contributed by atoms with van der Waals surface area (Å²) in [5.41, 5.74) is 1.17. The number of anilines is 2. The highest BCUT2D eigenvalue weighted by Gasteiger charge is 2.32. The fraction of sp³-hybridized carbons (Fsp3) is 0.0556. The van der Waals surface area contributed by atoms with Crippen molar-refractivity contribution >= 4 is 17.6 Å². The van der Waals surface area contributed by atoms with Crippen LogP contribution in [0.25, 0.3) is 11.1 Å². The Labute approximate surface area is 146 Å². The highest BCUT2D eigenvalue weighted by Crippen LogP contribution is 2.29. The van der Waals surface area contributed by atoms with Crippen LogP contribution in [0.3, 0.4) is 0 Å². The Morgan fingerprint density at radius 3 is 2.38 bits per heavy atom. The molecule has 3 aromatic rings. The number of halogens is 3. The van der Waals surface area contributed by atoms with Gasteiger partial charge in [0.2, 0.25) is 5.95 Å². The third kappa shape index (κ3) is 3.97. The molecule has 0 aliphatic heterocycles. The quantitative estimate of drug-likeness (QED) is 0.712. The lowest BCUT2D eigenvalue weighted by molar-refractivity contribution is -0.141. The molecule has 8 heteroatoms. The molecule has 3 rings (SSSR count). The Morgan fingerprint density at radius 2 is 1.73 bits per heavy atom. The van der Waals surface area contributed by atoms with Gasteiger partial charge < -0.3 is 10.4 Å². The smallest absolute Gasteiger partial charge is 0.433 e. The van der Waals surface area contributed by atoms with Crippen molar-refractivity contribution in [3.63, 3.8) is 0 Å². The Morgan fingerprint density at radius 1 is 1.00 bits per heavy atom. The van der Waals surface area contributed by atoms with Crippen molar-refractivity contribution in [3.05, 3.63) is 72.1 Å². The minimum absolute atomic E-state index is 0.167. The number of nitrogens with zero attached hydrogens (tertiary/aromatic N) is 2. The maximum Gasteiger partial charge on any atom is 0.433 e. The van der Waals surface area contributed by atoms with E-state index >= 15 is 0 Å². The maximum absolute atomic E-state index is 12.7. The highest BCUT2D eigenvalue weighted by molar-refractivity contribution is 5.88. The molecule has 0 fully saturated rings. The minimum atomic E-state index is -4.55. The van der Waals surface area contributed by atoms with Gasteiger partial charge in [-0.3, -0.25) is 0 Å². The van der Waals surface area contributed by atoms with Crippen molar-refractivity contribution in [2.45, 2.75) is 6.18 Å². The van der Waals surface area contributed by atoms with Crippen LogP contribution in [-0.4, -0.2) is 21.0 Å². The molecule has 0 radical (unpaired) electrons. The van der Waals surface area contributed by atoms with E-state index in [2.05, 4.69) is 15.3 Å². The van der Waals surface area contributed by atoms with Crippen molar-refractivity contribution in [3.8, 4) is 11.1 Å². The predicted octanol–water partition coefficient (Wildman–Crippen LogP) is 4.60. The molecular weight excluding hydrogens is 347 g/mol. The molecule has 0 unspecified atom stereocenters. The molecule has 5 nitrogen and oxygen atoms in total.